The summed E-state index contributed by atoms with van der Waals surface area (Å²) in [5, 5.41) is 15.0. The van der Waals surface area contributed by atoms with Crippen LogP contribution < -0.4 is 10.6 Å². The molecule has 2 saturated heterocycles. The summed E-state index contributed by atoms with van der Waals surface area (Å²) < 4.78 is 0. The van der Waals surface area contributed by atoms with Crippen LogP contribution in [0.25, 0.3) is 0 Å². The molecule has 0 aromatic carbocycles. The van der Waals surface area contributed by atoms with Gasteiger partial charge in [-0.15, -0.1) is 0 Å². The van der Waals surface area contributed by atoms with Crippen LogP contribution in [0.4, 0.5) is 0 Å². The van der Waals surface area contributed by atoms with Crippen molar-refractivity contribution in [2.75, 3.05) is 6.54 Å². The number of carbonyl (C=O) groups excluding carboxylic acids is 1. The summed E-state index contributed by atoms with van der Waals surface area (Å²) in [5.74, 6) is 0.765. The van der Waals surface area contributed by atoms with Crippen LogP contribution in [0.5, 0.6) is 0 Å². The number of rotatable bonds is 6. The van der Waals surface area contributed by atoms with Crippen LogP contribution in [0, 0.1) is 17.2 Å². The number of amides is 1. The summed E-state index contributed by atoms with van der Waals surface area (Å²) in [5.41, 5.74) is 0. The number of piperidine rings is 1. The Bertz CT molecular complexity index is 311. The van der Waals surface area contributed by atoms with Crippen molar-refractivity contribution in [3.8, 4) is 6.07 Å². The topological polar surface area (TPSA) is 64.9 Å². The molecular weight excluding hydrogens is 226 g/mol. The summed E-state index contributed by atoms with van der Waals surface area (Å²) in [6, 6.07) is 3.45. The lowest BCUT2D eigenvalue weighted by Gasteiger charge is -2.28. The molecule has 2 unspecified atom stereocenters. The average Bonchev–Trinajstić information content (AvgIpc) is 2.68. The molecule has 18 heavy (non-hydrogen) atoms. The molecule has 0 aliphatic carbocycles. The van der Waals surface area contributed by atoms with Gasteiger partial charge in [0.15, 0.2) is 0 Å². The number of fused-ring (bicyclic) bond motifs is 2. The lowest BCUT2D eigenvalue weighted by molar-refractivity contribution is -0.122. The predicted octanol–water partition coefficient (Wildman–Crippen LogP) is 1.72. The Morgan fingerprint density at radius 1 is 1.28 bits per heavy atom. The van der Waals surface area contributed by atoms with Crippen molar-refractivity contribution in [1.82, 2.24) is 10.6 Å². The lowest BCUT2D eigenvalue weighted by Crippen LogP contribution is -2.39. The third-order valence-electron chi connectivity index (χ3n) is 4.08. The van der Waals surface area contributed by atoms with Crippen molar-refractivity contribution < 1.29 is 4.79 Å². The first-order valence-electron chi connectivity index (χ1n) is 7.17. The van der Waals surface area contributed by atoms with E-state index in [-0.39, 0.29) is 5.91 Å². The van der Waals surface area contributed by atoms with E-state index in [4.69, 9.17) is 5.26 Å². The molecule has 2 aliphatic heterocycles. The summed E-state index contributed by atoms with van der Waals surface area (Å²) in [7, 11) is 0. The van der Waals surface area contributed by atoms with Gasteiger partial charge in [0, 0.05) is 31.5 Å². The maximum absolute atomic E-state index is 11.8. The van der Waals surface area contributed by atoms with Gasteiger partial charge in [-0.3, -0.25) is 4.79 Å². The molecule has 2 heterocycles. The molecule has 0 aromatic heterocycles. The van der Waals surface area contributed by atoms with Gasteiger partial charge in [-0.05, 0) is 44.4 Å². The van der Waals surface area contributed by atoms with Crippen molar-refractivity contribution in [3.05, 3.63) is 0 Å². The second kappa shape index (κ2) is 6.75. The third kappa shape index (κ3) is 3.99. The van der Waals surface area contributed by atoms with Crippen molar-refractivity contribution in [2.45, 2.75) is 63.5 Å². The van der Waals surface area contributed by atoms with Gasteiger partial charge >= 0.3 is 0 Å². The minimum atomic E-state index is 0.193. The van der Waals surface area contributed by atoms with Gasteiger partial charge in [-0.25, -0.2) is 0 Å². The highest BCUT2D eigenvalue weighted by atomic mass is 16.1. The highest BCUT2D eigenvalue weighted by Gasteiger charge is 2.33. The molecule has 2 aliphatic rings. The molecule has 4 heteroatoms. The van der Waals surface area contributed by atoms with Gasteiger partial charge in [-0.1, -0.05) is 0 Å². The van der Waals surface area contributed by atoms with Crippen LogP contribution in [0.3, 0.4) is 0 Å². The van der Waals surface area contributed by atoms with Gasteiger partial charge in [0.25, 0.3) is 0 Å². The summed E-state index contributed by atoms with van der Waals surface area (Å²) >= 11 is 0. The number of nitriles is 1. The highest BCUT2D eigenvalue weighted by Crippen LogP contribution is 2.32. The van der Waals surface area contributed by atoms with E-state index in [9.17, 15) is 4.79 Å². The summed E-state index contributed by atoms with van der Waals surface area (Å²) in [6.07, 6.45) is 7.98. The van der Waals surface area contributed by atoms with E-state index in [1.807, 2.05) is 0 Å². The maximum atomic E-state index is 11.8. The van der Waals surface area contributed by atoms with Crippen LogP contribution in [-0.4, -0.2) is 24.5 Å². The average molecular weight is 249 g/mol. The van der Waals surface area contributed by atoms with Crippen molar-refractivity contribution >= 4 is 5.91 Å². The van der Waals surface area contributed by atoms with E-state index in [0.29, 0.717) is 30.8 Å². The molecule has 2 fully saturated rings. The smallest absolute Gasteiger partial charge is 0.220 e. The van der Waals surface area contributed by atoms with Gasteiger partial charge in [0.05, 0.1) is 6.07 Å². The first-order chi connectivity index (χ1) is 8.78. The Kier molecular flexibility index (Phi) is 5.00. The molecule has 0 radical (unpaired) electrons. The SMILES string of the molecule is N#CCCCCNC(=O)CC1CC2CCC(C1)N2. The molecule has 1 amide bonds. The lowest BCUT2D eigenvalue weighted by atomic mass is 9.89. The Morgan fingerprint density at radius 3 is 2.67 bits per heavy atom. The number of carbonyl (C=O) groups is 1. The standard InChI is InChI=1S/C14H23N3O/c15-6-2-1-3-7-16-14(18)10-11-8-12-4-5-13(9-11)17-12/h11-13,17H,1-5,7-10H2,(H,16,18). The molecule has 4 nitrogen and oxygen atoms in total. The number of hydrogen-bond acceptors (Lipinski definition) is 3. The van der Waals surface area contributed by atoms with Crippen LogP contribution >= 0.6 is 0 Å². The zero-order chi connectivity index (χ0) is 12.8. The second-order valence-electron chi connectivity index (χ2n) is 5.64. The largest absolute Gasteiger partial charge is 0.356 e. The molecule has 0 spiro atoms. The Balaban J connectivity index is 1.58. The molecule has 2 rings (SSSR count). The Hall–Kier alpha value is -1.08. The molecule has 0 saturated carbocycles. The summed E-state index contributed by atoms with van der Waals surface area (Å²) in [6.45, 7) is 0.721. The molecule has 0 aromatic rings. The van der Waals surface area contributed by atoms with Gasteiger partial charge in [0.1, 0.15) is 0 Å². The Labute approximate surface area is 109 Å². The summed E-state index contributed by atoms with van der Waals surface area (Å²) in [4.78, 5) is 11.8. The van der Waals surface area contributed by atoms with E-state index in [2.05, 4.69) is 16.7 Å². The van der Waals surface area contributed by atoms with Crippen LogP contribution in [-0.2, 0) is 4.79 Å². The van der Waals surface area contributed by atoms with E-state index in [1.54, 1.807) is 0 Å². The maximum Gasteiger partial charge on any atom is 0.220 e. The monoisotopic (exact) mass is 249 g/mol. The Morgan fingerprint density at radius 2 is 2.00 bits per heavy atom. The number of nitrogens with one attached hydrogen (secondary N) is 2. The number of hydrogen-bond donors (Lipinski definition) is 2. The van der Waals surface area contributed by atoms with E-state index >= 15 is 0 Å². The zero-order valence-electron chi connectivity index (χ0n) is 11.0. The number of nitrogens with zero attached hydrogens (tertiary/aromatic N) is 1. The highest BCUT2D eigenvalue weighted by molar-refractivity contribution is 5.76. The van der Waals surface area contributed by atoms with Crippen LogP contribution in [0.15, 0.2) is 0 Å². The second-order valence-corrected chi connectivity index (χ2v) is 5.64. The minimum absolute atomic E-state index is 0.193. The van der Waals surface area contributed by atoms with Crippen LogP contribution in [0.2, 0.25) is 0 Å². The van der Waals surface area contributed by atoms with Crippen molar-refractivity contribution in [3.63, 3.8) is 0 Å². The zero-order valence-corrected chi connectivity index (χ0v) is 11.0. The molecule has 100 valence electrons. The fourth-order valence-corrected chi connectivity index (χ4v) is 3.23. The molecular formula is C14H23N3O. The van der Waals surface area contributed by atoms with Gasteiger partial charge < -0.3 is 10.6 Å². The van der Waals surface area contributed by atoms with Gasteiger partial charge in [0.2, 0.25) is 5.91 Å². The van der Waals surface area contributed by atoms with E-state index in [0.717, 1.165) is 19.4 Å². The van der Waals surface area contributed by atoms with Crippen molar-refractivity contribution in [1.29, 1.82) is 5.26 Å². The molecule has 2 atom stereocenters. The van der Waals surface area contributed by atoms with E-state index < -0.39 is 0 Å². The predicted molar refractivity (Wildman–Crippen MR) is 69.8 cm³/mol. The van der Waals surface area contributed by atoms with Crippen LogP contribution in [0.1, 0.15) is 51.4 Å². The minimum Gasteiger partial charge on any atom is -0.356 e. The fourth-order valence-electron chi connectivity index (χ4n) is 3.23. The quantitative estimate of drug-likeness (QED) is 0.704. The number of unbranched alkanes of at least 4 members (excludes halogenated alkanes) is 2. The fraction of sp³-hybridized carbons (Fsp3) is 0.857. The van der Waals surface area contributed by atoms with Gasteiger partial charge in [-0.2, -0.15) is 5.26 Å². The van der Waals surface area contributed by atoms with Crippen molar-refractivity contribution in [2.24, 2.45) is 5.92 Å². The normalized spacial score (nSPS) is 29.8. The third-order valence-corrected chi connectivity index (χ3v) is 4.08. The van der Waals surface area contributed by atoms with E-state index in [1.165, 1.54) is 25.7 Å². The first-order valence-corrected chi connectivity index (χ1v) is 7.17. The first kappa shape index (κ1) is 13.4. The molecule has 2 bridgehead atoms. The molecule has 2 N–H and O–H groups in total.